The molecule has 118 valence electrons. The van der Waals surface area contributed by atoms with Gasteiger partial charge in [-0.05, 0) is 33.3 Å². The van der Waals surface area contributed by atoms with Gasteiger partial charge in [0.25, 0.3) is 5.91 Å². The zero-order valence-corrected chi connectivity index (χ0v) is 14.0. The molecule has 2 heterocycles. The maximum Gasteiger partial charge on any atom is 0.355 e. The number of hydrogen-bond acceptors (Lipinski definition) is 6. The lowest BCUT2D eigenvalue weighted by atomic mass is 10.1. The van der Waals surface area contributed by atoms with Gasteiger partial charge in [0, 0.05) is 12.7 Å². The largest absolute Gasteiger partial charge is 0.461 e. The number of rotatable bonds is 4. The molecule has 0 saturated heterocycles. The van der Waals surface area contributed by atoms with Crippen molar-refractivity contribution in [1.82, 2.24) is 14.8 Å². The van der Waals surface area contributed by atoms with E-state index in [1.54, 1.807) is 32.4 Å². The van der Waals surface area contributed by atoms with Crippen molar-refractivity contribution in [2.24, 2.45) is 7.05 Å². The van der Waals surface area contributed by atoms with E-state index in [9.17, 15) is 9.59 Å². The van der Waals surface area contributed by atoms with Crippen LogP contribution in [0, 0.1) is 20.8 Å². The van der Waals surface area contributed by atoms with Crippen molar-refractivity contribution in [3.63, 3.8) is 0 Å². The smallest absolute Gasteiger partial charge is 0.355 e. The number of carbonyl (C=O) groups excluding carboxylic acids is 2. The molecule has 0 bridgehead atoms. The highest BCUT2D eigenvalue weighted by molar-refractivity contribution is 7.15. The van der Waals surface area contributed by atoms with Crippen LogP contribution in [0.3, 0.4) is 0 Å². The second-order valence-corrected chi connectivity index (χ2v) is 5.98. The Hall–Kier alpha value is -2.22. The van der Waals surface area contributed by atoms with E-state index in [4.69, 9.17) is 4.74 Å². The van der Waals surface area contributed by atoms with Crippen molar-refractivity contribution in [2.75, 3.05) is 11.9 Å². The van der Waals surface area contributed by atoms with Gasteiger partial charge in [0.15, 0.2) is 0 Å². The summed E-state index contributed by atoms with van der Waals surface area (Å²) in [6.07, 6.45) is 0. The summed E-state index contributed by atoms with van der Waals surface area (Å²) in [7, 11) is 1.74. The lowest BCUT2D eigenvalue weighted by Crippen LogP contribution is -2.14. The summed E-state index contributed by atoms with van der Waals surface area (Å²) >= 11 is 1.30. The quantitative estimate of drug-likeness (QED) is 0.872. The molecule has 0 fully saturated rings. The molecule has 0 aliphatic heterocycles. The summed E-state index contributed by atoms with van der Waals surface area (Å²) in [4.78, 5) is 24.5. The van der Waals surface area contributed by atoms with Crippen molar-refractivity contribution in [2.45, 2.75) is 27.7 Å². The first kappa shape index (κ1) is 16.2. The van der Waals surface area contributed by atoms with E-state index in [1.165, 1.54) is 11.3 Å². The number of hydrogen-bond donors (Lipinski definition) is 1. The molecule has 22 heavy (non-hydrogen) atoms. The highest BCUT2D eigenvalue weighted by Crippen LogP contribution is 2.24. The van der Waals surface area contributed by atoms with Crippen molar-refractivity contribution < 1.29 is 14.3 Å². The number of amides is 1. The lowest BCUT2D eigenvalue weighted by Gasteiger charge is -2.05. The number of aromatic nitrogens is 3. The minimum atomic E-state index is -0.434. The first-order chi connectivity index (χ1) is 10.4. The molecule has 0 aliphatic rings. The standard InChI is InChI=1S/C14H18N4O3S/c1-6-21-13(20)11-7(2)10(8(3)18(11)5)12(19)15-14-17-16-9(4)22-14/h6H2,1-5H3,(H,15,17,19). The Labute approximate surface area is 132 Å². The molecule has 0 aromatic carbocycles. The first-order valence-corrected chi connectivity index (χ1v) is 7.62. The molecule has 0 spiro atoms. The normalized spacial score (nSPS) is 10.6. The van der Waals surface area contributed by atoms with Crippen LogP contribution in [-0.2, 0) is 11.8 Å². The van der Waals surface area contributed by atoms with Crippen LogP contribution < -0.4 is 5.32 Å². The van der Waals surface area contributed by atoms with E-state index in [1.807, 2.05) is 6.92 Å². The van der Waals surface area contributed by atoms with Gasteiger partial charge >= 0.3 is 5.97 Å². The lowest BCUT2D eigenvalue weighted by molar-refractivity contribution is 0.0514. The molecule has 0 radical (unpaired) electrons. The number of esters is 1. The monoisotopic (exact) mass is 322 g/mol. The third-order valence-electron chi connectivity index (χ3n) is 3.37. The second kappa shape index (κ2) is 6.27. The van der Waals surface area contributed by atoms with Crippen molar-refractivity contribution >= 4 is 28.3 Å². The van der Waals surface area contributed by atoms with Crippen LogP contribution in [0.2, 0.25) is 0 Å². The fourth-order valence-corrected chi connectivity index (χ4v) is 2.89. The number of nitrogens with one attached hydrogen (secondary N) is 1. The van der Waals surface area contributed by atoms with Gasteiger partial charge in [-0.1, -0.05) is 11.3 Å². The second-order valence-electron chi connectivity index (χ2n) is 4.79. The molecule has 0 aliphatic carbocycles. The average Bonchev–Trinajstić information content (AvgIpc) is 2.93. The van der Waals surface area contributed by atoms with Crippen molar-refractivity contribution in [3.05, 3.63) is 27.5 Å². The van der Waals surface area contributed by atoms with Crippen LogP contribution in [0.4, 0.5) is 5.13 Å². The van der Waals surface area contributed by atoms with Gasteiger partial charge in [-0.2, -0.15) is 0 Å². The molecule has 0 atom stereocenters. The molecule has 2 rings (SSSR count). The zero-order valence-electron chi connectivity index (χ0n) is 13.2. The molecule has 1 N–H and O–H groups in total. The fourth-order valence-electron chi connectivity index (χ4n) is 2.31. The number of anilines is 1. The molecule has 0 saturated carbocycles. The average molecular weight is 322 g/mol. The van der Waals surface area contributed by atoms with Crippen LogP contribution in [0.5, 0.6) is 0 Å². The molecule has 1 amide bonds. The van der Waals surface area contributed by atoms with Gasteiger partial charge in [-0.15, -0.1) is 10.2 Å². The topological polar surface area (TPSA) is 86.1 Å². The Morgan fingerprint density at radius 1 is 1.27 bits per heavy atom. The Balaban J connectivity index is 2.37. The van der Waals surface area contributed by atoms with Crippen molar-refractivity contribution in [3.8, 4) is 0 Å². The Kier molecular flexibility index (Phi) is 4.60. The van der Waals surface area contributed by atoms with Gasteiger partial charge in [0.1, 0.15) is 10.7 Å². The first-order valence-electron chi connectivity index (χ1n) is 6.81. The maximum absolute atomic E-state index is 12.5. The molecular formula is C14H18N4O3S. The van der Waals surface area contributed by atoms with E-state index in [0.717, 1.165) is 5.01 Å². The maximum atomic E-state index is 12.5. The van der Waals surface area contributed by atoms with Gasteiger partial charge in [0.05, 0.1) is 12.2 Å². The third-order valence-corrected chi connectivity index (χ3v) is 4.13. The molecule has 8 heteroatoms. The summed E-state index contributed by atoms with van der Waals surface area (Å²) in [5, 5.41) is 11.6. The summed E-state index contributed by atoms with van der Waals surface area (Å²) in [5.74, 6) is -0.742. The highest BCUT2D eigenvalue weighted by Gasteiger charge is 2.26. The zero-order chi connectivity index (χ0) is 16.4. The fraction of sp³-hybridized carbons (Fsp3) is 0.429. The number of aryl methyl sites for hydroxylation is 1. The Morgan fingerprint density at radius 3 is 2.50 bits per heavy atom. The number of nitrogens with zero attached hydrogens (tertiary/aromatic N) is 3. The van der Waals surface area contributed by atoms with Crippen LogP contribution >= 0.6 is 11.3 Å². The molecule has 2 aromatic heterocycles. The van der Waals surface area contributed by atoms with Gasteiger partial charge in [0.2, 0.25) is 5.13 Å². The van der Waals surface area contributed by atoms with Gasteiger partial charge in [-0.3, -0.25) is 10.1 Å². The Morgan fingerprint density at radius 2 is 1.95 bits per heavy atom. The molecule has 0 unspecified atom stereocenters. The van der Waals surface area contributed by atoms with E-state index in [0.29, 0.717) is 27.6 Å². The van der Waals surface area contributed by atoms with Crippen LogP contribution in [0.25, 0.3) is 0 Å². The minimum absolute atomic E-state index is 0.286. The van der Waals surface area contributed by atoms with E-state index in [2.05, 4.69) is 15.5 Å². The molecular weight excluding hydrogens is 304 g/mol. The third kappa shape index (κ3) is 2.87. The van der Waals surface area contributed by atoms with Gasteiger partial charge in [-0.25, -0.2) is 4.79 Å². The van der Waals surface area contributed by atoms with E-state index in [-0.39, 0.29) is 12.5 Å². The summed E-state index contributed by atoms with van der Waals surface area (Å²) in [6, 6.07) is 0. The summed E-state index contributed by atoms with van der Waals surface area (Å²) in [5.41, 5.74) is 2.13. The predicted molar refractivity (Wildman–Crippen MR) is 83.4 cm³/mol. The van der Waals surface area contributed by atoms with Crippen LogP contribution in [0.1, 0.15) is 44.0 Å². The number of ether oxygens (including phenoxy) is 1. The predicted octanol–water partition coefficient (Wildman–Crippen LogP) is 2.23. The minimum Gasteiger partial charge on any atom is -0.461 e. The molecule has 2 aromatic rings. The van der Waals surface area contributed by atoms with Gasteiger partial charge < -0.3 is 9.30 Å². The van der Waals surface area contributed by atoms with Crippen LogP contribution in [-0.4, -0.2) is 33.2 Å². The van der Waals surface area contributed by atoms with Crippen molar-refractivity contribution in [1.29, 1.82) is 0 Å². The van der Waals surface area contributed by atoms with E-state index >= 15 is 0 Å². The SMILES string of the molecule is CCOC(=O)c1c(C)c(C(=O)Nc2nnc(C)s2)c(C)n1C. The van der Waals surface area contributed by atoms with E-state index < -0.39 is 5.97 Å². The Bertz CT molecular complexity index is 733. The number of carbonyl (C=O) groups is 2. The van der Waals surface area contributed by atoms with Crippen LogP contribution in [0.15, 0.2) is 0 Å². The highest BCUT2D eigenvalue weighted by atomic mass is 32.1. The molecule has 7 nitrogen and oxygen atoms in total. The summed E-state index contributed by atoms with van der Waals surface area (Å²) in [6.45, 7) is 7.36. The summed E-state index contributed by atoms with van der Waals surface area (Å²) < 4.78 is 6.72.